The fourth-order valence-corrected chi connectivity index (χ4v) is 2.59. The second kappa shape index (κ2) is 8.23. The van der Waals surface area contributed by atoms with Crippen molar-refractivity contribution in [2.24, 2.45) is 0 Å². The van der Waals surface area contributed by atoms with E-state index in [1.165, 1.54) is 4.90 Å². The molecule has 0 aliphatic rings. The summed E-state index contributed by atoms with van der Waals surface area (Å²) in [6, 6.07) is 17.4. The van der Waals surface area contributed by atoms with Crippen molar-refractivity contribution in [2.75, 3.05) is 19.5 Å². The summed E-state index contributed by atoms with van der Waals surface area (Å²) < 4.78 is 10.8. The van der Waals surface area contributed by atoms with E-state index in [0.717, 1.165) is 23.7 Å². The maximum atomic E-state index is 8.82. The van der Waals surface area contributed by atoms with Gasteiger partial charge in [-0.1, -0.05) is 6.07 Å². The molecule has 0 N–H and O–H groups in total. The smallest absolute Gasteiger partial charge is 0.120 e. The lowest BCUT2D eigenvalue weighted by Gasteiger charge is -2.06. The van der Waals surface area contributed by atoms with Crippen molar-refractivity contribution in [3.8, 4) is 17.6 Å². The lowest BCUT2D eigenvalue weighted by molar-refractivity contribution is 0.318. The third kappa shape index (κ3) is 5.05. The van der Waals surface area contributed by atoms with Crippen LogP contribution >= 0.6 is 11.8 Å². The Balaban J connectivity index is 1.68. The minimum Gasteiger partial charge on any atom is -0.497 e. The molecule has 0 bridgehead atoms. The van der Waals surface area contributed by atoms with Gasteiger partial charge in [0.1, 0.15) is 11.5 Å². The zero-order valence-electron chi connectivity index (χ0n) is 11.9. The fourth-order valence-electron chi connectivity index (χ4n) is 1.77. The Bertz CT molecular complexity index is 605. The molecule has 0 saturated carbocycles. The van der Waals surface area contributed by atoms with Crippen LogP contribution in [0.2, 0.25) is 0 Å². The maximum absolute atomic E-state index is 8.82. The molecule has 0 amide bonds. The van der Waals surface area contributed by atoms with Gasteiger partial charge in [0.15, 0.2) is 0 Å². The second-order valence-electron chi connectivity index (χ2n) is 4.37. The van der Waals surface area contributed by atoms with Crippen molar-refractivity contribution in [2.45, 2.75) is 11.3 Å². The summed E-state index contributed by atoms with van der Waals surface area (Å²) in [5.41, 5.74) is 0.625. The Kier molecular flexibility index (Phi) is 5.99. The van der Waals surface area contributed by atoms with Crippen LogP contribution in [0.1, 0.15) is 12.0 Å². The molecule has 0 unspecified atom stereocenters. The van der Waals surface area contributed by atoms with Gasteiger partial charge in [0.2, 0.25) is 0 Å². The average molecular weight is 299 g/mol. The molecular weight excluding hydrogens is 282 g/mol. The predicted octanol–water partition coefficient (Wildman–Crippen LogP) is 4.13. The van der Waals surface area contributed by atoms with Gasteiger partial charge in [0.05, 0.1) is 25.3 Å². The standard InChI is InChI=1S/C17H17NO2S/c1-19-15-6-8-17(9-7-15)21-11-3-10-20-16-5-2-4-14(12-16)13-18/h2,4-9,12H,3,10-11H2,1H3. The van der Waals surface area contributed by atoms with Crippen molar-refractivity contribution in [3.05, 3.63) is 54.1 Å². The first kappa shape index (κ1) is 15.3. The number of nitrogens with zero attached hydrogens (tertiary/aromatic N) is 1. The highest BCUT2D eigenvalue weighted by Gasteiger charge is 1.98. The largest absolute Gasteiger partial charge is 0.497 e. The summed E-state index contributed by atoms with van der Waals surface area (Å²) in [6.45, 7) is 0.651. The highest BCUT2D eigenvalue weighted by atomic mass is 32.2. The molecule has 0 saturated heterocycles. The van der Waals surface area contributed by atoms with Gasteiger partial charge >= 0.3 is 0 Å². The minimum atomic E-state index is 0.625. The normalized spacial score (nSPS) is 9.90. The number of ether oxygens (including phenoxy) is 2. The number of benzene rings is 2. The van der Waals surface area contributed by atoms with Gasteiger partial charge < -0.3 is 9.47 Å². The van der Waals surface area contributed by atoms with E-state index in [4.69, 9.17) is 14.7 Å². The van der Waals surface area contributed by atoms with Crippen molar-refractivity contribution in [3.63, 3.8) is 0 Å². The van der Waals surface area contributed by atoms with E-state index in [1.54, 1.807) is 31.0 Å². The van der Waals surface area contributed by atoms with E-state index < -0.39 is 0 Å². The van der Waals surface area contributed by atoms with Gasteiger partial charge in [-0.2, -0.15) is 5.26 Å². The Morgan fingerprint density at radius 3 is 2.62 bits per heavy atom. The summed E-state index contributed by atoms with van der Waals surface area (Å²) in [5.74, 6) is 2.62. The SMILES string of the molecule is COc1ccc(SCCCOc2cccc(C#N)c2)cc1. The molecule has 0 spiro atoms. The molecule has 3 nitrogen and oxygen atoms in total. The maximum Gasteiger partial charge on any atom is 0.120 e. The molecule has 0 atom stereocenters. The van der Waals surface area contributed by atoms with Crippen LogP contribution in [0.5, 0.6) is 11.5 Å². The fraction of sp³-hybridized carbons (Fsp3) is 0.235. The highest BCUT2D eigenvalue weighted by molar-refractivity contribution is 7.99. The van der Waals surface area contributed by atoms with Crippen LogP contribution in [0, 0.1) is 11.3 Å². The molecular formula is C17H17NO2S. The Morgan fingerprint density at radius 1 is 1.10 bits per heavy atom. The van der Waals surface area contributed by atoms with E-state index in [2.05, 4.69) is 18.2 Å². The summed E-state index contributed by atoms with van der Waals surface area (Å²) in [6.07, 6.45) is 0.952. The van der Waals surface area contributed by atoms with Gasteiger partial charge in [0, 0.05) is 10.6 Å². The van der Waals surface area contributed by atoms with Crippen LogP contribution in [0.25, 0.3) is 0 Å². The zero-order chi connectivity index (χ0) is 14.9. The van der Waals surface area contributed by atoms with Crippen LogP contribution in [-0.2, 0) is 0 Å². The van der Waals surface area contributed by atoms with Crippen molar-refractivity contribution >= 4 is 11.8 Å². The first-order valence-corrected chi connectivity index (χ1v) is 7.70. The van der Waals surface area contributed by atoms with Crippen molar-refractivity contribution < 1.29 is 9.47 Å². The molecule has 0 fully saturated rings. The quantitative estimate of drug-likeness (QED) is 0.569. The third-order valence-corrected chi connectivity index (χ3v) is 3.95. The molecule has 4 heteroatoms. The molecule has 0 aliphatic carbocycles. The zero-order valence-corrected chi connectivity index (χ0v) is 12.7. The summed E-state index contributed by atoms with van der Waals surface area (Å²) >= 11 is 1.79. The lowest BCUT2D eigenvalue weighted by atomic mass is 10.2. The number of nitriles is 1. The number of hydrogen-bond donors (Lipinski definition) is 0. The van der Waals surface area contributed by atoms with Crippen LogP contribution in [-0.4, -0.2) is 19.5 Å². The number of hydrogen-bond acceptors (Lipinski definition) is 4. The van der Waals surface area contributed by atoms with Crippen LogP contribution in [0.4, 0.5) is 0 Å². The minimum absolute atomic E-state index is 0.625. The first-order valence-electron chi connectivity index (χ1n) is 6.71. The molecule has 2 rings (SSSR count). The van der Waals surface area contributed by atoms with Crippen LogP contribution in [0.3, 0.4) is 0 Å². The second-order valence-corrected chi connectivity index (χ2v) is 5.53. The van der Waals surface area contributed by atoms with Gasteiger partial charge in [0.25, 0.3) is 0 Å². The third-order valence-electron chi connectivity index (χ3n) is 2.85. The molecule has 2 aromatic carbocycles. The molecule has 0 heterocycles. The van der Waals surface area contributed by atoms with E-state index in [-0.39, 0.29) is 0 Å². The van der Waals surface area contributed by atoms with Gasteiger partial charge in [-0.3, -0.25) is 0 Å². The van der Waals surface area contributed by atoms with E-state index in [0.29, 0.717) is 12.2 Å². The van der Waals surface area contributed by atoms with Gasteiger partial charge in [-0.15, -0.1) is 11.8 Å². The summed E-state index contributed by atoms with van der Waals surface area (Å²) in [5, 5.41) is 8.82. The molecule has 2 aromatic rings. The molecule has 21 heavy (non-hydrogen) atoms. The Hall–Kier alpha value is -2.12. The average Bonchev–Trinajstić information content (AvgIpc) is 2.55. The topological polar surface area (TPSA) is 42.2 Å². The van der Waals surface area contributed by atoms with Crippen LogP contribution in [0.15, 0.2) is 53.4 Å². The van der Waals surface area contributed by atoms with E-state index >= 15 is 0 Å². The van der Waals surface area contributed by atoms with Gasteiger partial charge in [-0.05, 0) is 48.9 Å². The van der Waals surface area contributed by atoms with Crippen molar-refractivity contribution in [1.29, 1.82) is 5.26 Å². The summed E-state index contributed by atoms with van der Waals surface area (Å²) in [4.78, 5) is 1.22. The van der Waals surface area contributed by atoms with E-state index in [9.17, 15) is 0 Å². The molecule has 0 radical (unpaired) electrons. The lowest BCUT2D eigenvalue weighted by Crippen LogP contribution is -1.98. The first-order chi connectivity index (χ1) is 10.3. The van der Waals surface area contributed by atoms with E-state index in [1.807, 2.05) is 24.3 Å². The molecule has 0 aromatic heterocycles. The number of rotatable bonds is 7. The molecule has 108 valence electrons. The Labute approximate surface area is 129 Å². The summed E-state index contributed by atoms with van der Waals surface area (Å²) in [7, 11) is 1.67. The number of thioether (sulfide) groups is 1. The monoisotopic (exact) mass is 299 g/mol. The highest BCUT2D eigenvalue weighted by Crippen LogP contribution is 2.22. The van der Waals surface area contributed by atoms with Crippen molar-refractivity contribution in [1.82, 2.24) is 0 Å². The van der Waals surface area contributed by atoms with Gasteiger partial charge in [-0.25, -0.2) is 0 Å². The number of methoxy groups -OCH3 is 1. The Morgan fingerprint density at radius 2 is 1.90 bits per heavy atom. The predicted molar refractivity (Wildman–Crippen MR) is 85.0 cm³/mol. The van der Waals surface area contributed by atoms with Crippen LogP contribution < -0.4 is 9.47 Å². The molecule has 0 aliphatic heterocycles.